The van der Waals surface area contributed by atoms with Gasteiger partial charge in [0.05, 0.1) is 11.0 Å². The molecule has 0 unspecified atom stereocenters. The van der Waals surface area contributed by atoms with E-state index in [-0.39, 0.29) is 0 Å². The van der Waals surface area contributed by atoms with Gasteiger partial charge in [0, 0.05) is 55.6 Å². The van der Waals surface area contributed by atoms with Crippen LogP contribution in [0.2, 0.25) is 0 Å². The molecule has 0 bridgehead atoms. The van der Waals surface area contributed by atoms with Gasteiger partial charge in [-0.25, -0.2) is 15.0 Å². The molecule has 0 amide bonds. The standard InChI is InChI=1S/C51H32N4O/c1-4-13-33(14-5-1)34-23-27-37(28-24-34)50-52-49(36-15-6-2-7-16-36)53-51(54-50)38-29-25-35(26-30-38)40-20-12-21-42-44-31-43-41-19-10-11-22-45(41)55(39-17-8-3-9-18-39)46(43)32-47(44)56-48(40)42/h1-32H. The largest absolute Gasteiger partial charge is 0.455 e. The summed E-state index contributed by atoms with van der Waals surface area (Å²) in [6.45, 7) is 0. The third-order valence-corrected chi connectivity index (χ3v) is 10.7. The molecule has 0 radical (unpaired) electrons. The second-order valence-electron chi connectivity index (χ2n) is 14.0. The Hall–Kier alpha value is -7.63. The summed E-state index contributed by atoms with van der Waals surface area (Å²) in [5.74, 6) is 1.88. The van der Waals surface area contributed by atoms with Crippen LogP contribution in [0, 0.1) is 0 Å². The number of fused-ring (bicyclic) bond motifs is 6. The van der Waals surface area contributed by atoms with Crippen LogP contribution in [-0.4, -0.2) is 19.5 Å². The number of hydrogen-bond donors (Lipinski definition) is 0. The molecule has 11 aromatic rings. The van der Waals surface area contributed by atoms with E-state index >= 15 is 0 Å². The number of benzene rings is 8. The molecule has 3 heterocycles. The first-order chi connectivity index (χ1) is 27.7. The molecule has 0 aliphatic carbocycles. The van der Waals surface area contributed by atoms with E-state index in [9.17, 15) is 0 Å². The zero-order valence-corrected chi connectivity index (χ0v) is 30.2. The predicted octanol–water partition coefficient (Wildman–Crippen LogP) is 13.2. The molecule has 0 saturated carbocycles. The molecule has 262 valence electrons. The summed E-state index contributed by atoms with van der Waals surface area (Å²) >= 11 is 0. The molecule has 0 spiro atoms. The number of rotatable bonds is 6. The first-order valence-electron chi connectivity index (χ1n) is 18.8. The molecular weight excluding hydrogens is 685 g/mol. The quantitative estimate of drug-likeness (QED) is 0.172. The average molecular weight is 717 g/mol. The van der Waals surface area contributed by atoms with Crippen molar-refractivity contribution in [3.63, 3.8) is 0 Å². The number of para-hydroxylation sites is 3. The second kappa shape index (κ2) is 13.0. The summed E-state index contributed by atoms with van der Waals surface area (Å²) in [5.41, 5.74) is 12.3. The molecule has 5 nitrogen and oxygen atoms in total. The lowest BCUT2D eigenvalue weighted by molar-refractivity contribution is 0.670. The van der Waals surface area contributed by atoms with Gasteiger partial charge < -0.3 is 8.98 Å². The van der Waals surface area contributed by atoms with Crippen LogP contribution in [0.3, 0.4) is 0 Å². The fourth-order valence-corrected chi connectivity index (χ4v) is 7.93. The minimum absolute atomic E-state index is 0.618. The van der Waals surface area contributed by atoms with E-state index < -0.39 is 0 Å². The van der Waals surface area contributed by atoms with E-state index in [0.29, 0.717) is 17.5 Å². The molecule has 11 rings (SSSR count). The molecule has 56 heavy (non-hydrogen) atoms. The van der Waals surface area contributed by atoms with Gasteiger partial charge >= 0.3 is 0 Å². The van der Waals surface area contributed by atoms with Gasteiger partial charge in [-0.2, -0.15) is 0 Å². The Morgan fingerprint density at radius 2 is 0.839 bits per heavy atom. The van der Waals surface area contributed by atoms with Gasteiger partial charge in [-0.15, -0.1) is 0 Å². The van der Waals surface area contributed by atoms with Crippen molar-refractivity contribution in [2.45, 2.75) is 0 Å². The molecule has 8 aromatic carbocycles. The highest BCUT2D eigenvalue weighted by Crippen LogP contribution is 2.41. The molecule has 0 fully saturated rings. The van der Waals surface area contributed by atoms with Gasteiger partial charge in [-0.1, -0.05) is 164 Å². The Kier molecular flexibility index (Phi) is 7.42. The molecule has 0 saturated heterocycles. The number of aromatic nitrogens is 4. The van der Waals surface area contributed by atoms with E-state index in [1.54, 1.807) is 0 Å². The first kappa shape index (κ1) is 31.9. The smallest absolute Gasteiger partial charge is 0.164 e. The molecule has 0 N–H and O–H groups in total. The van der Waals surface area contributed by atoms with Gasteiger partial charge in [0.2, 0.25) is 0 Å². The molecule has 0 atom stereocenters. The Morgan fingerprint density at radius 3 is 1.50 bits per heavy atom. The summed E-state index contributed by atoms with van der Waals surface area (Å²) in [6, 6.07) is 67.3. The highest BCUT2D eigenvalue weighted by atomic mass is 16.3. The summed E-state index contributed by atoms with van der Waals surface area (Å²) in [4.78, 5) is 14.9. The summed E-state index contributed by atoms with van der Waals surface area (Å²) in [6.07, 6.45) is 0. The van der Waals surface area contributed by atoms with Crippen molar-refractivity contribution in [2.24, 2.45) is 0 Å². The Balaban J connectivity index is 0.998. The van der Waals surface area contributed by atoms with Crippen molar-refractivity contribution in [1.82, 2.24) is 19.5 Å². The average Bonchev–Trinajstić information content (AvgIpc) is 3.81. The van der Waals surface area contributed by atoms with E-state index in [1.807, 2.05) is 36.4 Å². The van der Waals surface area contributed by atoms with Crippen molar-refractivity contribution < 1.29 is 4.42 Å². The Labute approximate surface area is 322 Å². The zero-order valence-electron chi connectivity index (χ0n) is 30.2. The van der Waals surface area contributed by atoms with Crippen LogP contribution in [0.1, 0.15) is 0 Å². The monoisotopic (exact) mass is 716 g/mol. The zero-order chi connectivity index (χ0) is 37.0. The molecular formula is C51H32N4O. The van der Waals surface area contributed by atoms with Crippen LogP contribution >= 0.6 is 0 Å². The minimum atomic E-state index is 0.618. The first-order valence-corrected chi connectivity index (χ1v) is 18.8. The second-order valence-corrected chi connectivity index (χ2v) is 14.0. The van der Waals surface area contributed by atoms with Crippen molar-refractivity contribution in [3.8, 4) is 62.1 Å². The normalized spacial score (nSPS) is 11.6. The lowest BCUT2D eigenvalue weighted by atomic mass is 10.0. The molecule has 3 aromatic heterocycles. The van der Waals surface area contributed by atoms with Gasteiger partial charge in [0.25, 0.3) is 0 Å². The van der Waals surface area contributed by atoms with E-state index in [4.69, 9.17) is 19.4 Å². The van der Waals surface area contributed by atoms with Crippen LogP contribution in [0.4, 0.5) is 0 Å². The summed E-state index contributed by atoms with van der Waals surface area (Å²) < 4.78 is 9.09. The van der Waals surface area contributed by atoms with Crippen molar-refractivity contribution >= 4 is 43.7 Å². The van der Waals surface area contributed by atoms with E-state index in [0.717, 1.165) is 66.5 Å². The molecule has 0 aliphatic heterocycles. The predicted molar refractivity (Wildman–Crippen MR) is 229 cm³/mol. The van der Waals surface area contributed by atoms with Gasteiger partial charge in [0.15, 0.2) is 17.5 Å². The van der Waals surface area contributed by atoms with Gasteiger partial charge in [-0.3, -0.25) is 0 Å². The highest BCUT2D eigenvalue weighted by molar-refractivity contribution is 6.18. The maximum Gasteiger partial charge on any atom is 0.164 e. The fraction of sp³-hybridized carbons (Fsp3) is 0. The third-order valence-electron chi connectivity index (χ3n) is 10.7. The van der Waals surface area contributed by atoms with E-state index in [2.05, 4.69) is 162 Å². The van der Waals surface area contributed by atoms with Crippen LogP contribution in [-0.2, 0) is 0 Å². The summed E-state index contributed by atoms with van der Waals surface area (Å²) in [5, 5.41) is 4.61. The van der Waals surface area contributed by atoms with Crippen molar-refractivity contribution in [1.29, 1.82) is 0 Å². The number of nitrogens with zero attached hydrogens (tertiary/aromatic N) is 4. The van der Waals surface area contributed by atoms with Gasteiger partial charge in [0.1, 0.15) is 11.2 Å². The maximum atomic E-state index is 6.77. The van der Waals surface area contributed by atoms with Crippen molar-refractivity contribution in [2.75, 3.05) is 0 Å². The van der Waals surface area contributed by atoms with Crippen LogP contribution in [0.25, 0.3) is 106 Å². The SMILES string of the molecule is c1ccc(-c2ccc(-c3nc(-c4ccccc4)nc(-c4ccc(-c5cccc6c5oc5cc7c(cc56)c5ccccc5n7-c5ccccc5)cc4)n3)cc2)cc1. The number of furan rings is 1. The topological polar surface area (TPSA) is 56.7 Å². The van der Waals surface area contributed by atoms with Crippen molar-refractivity contribution in [3.05, 3.63) is 194 Å². The van der Waals surface area contributed by atoms with Gasteiger partial charge in [-0.05, 0) is 41.0 Å². The van der Waals surface area contributed by atoms with E-state index in [1.165, 1.54) is 21.9 Å². The Bertz CT molecular complexity index is 3200. The molecule has 0 aliphatic rings. The van der Waals surface area contributed by atoms with Crippen LogP contribution in [0.15, 0.2) is 199 Å². The lowest BCUT2D eigenvalue weighted by Gasteiger charge is -2.10. The summed E-state index contributed by atoms with van der Waals surface area (Å²) in [7, 11) is 0. The maximum absolute atomic E-state index is 6.77. The number of hydrogen-bond acceptors (Lipinski definition) is 4. The van der Waals surface area contributed by atoms with Crippen LogP contribution in [0.5, 0.6) is 0 Å². The highest BCUT2D eigenvalue weighted by Gasteiger charge is 2.19. The third kappa shape index (κ3) is 5.37. The van der Waals surface area contributed by atoms with Crippen LogP contribution < -0.4 is 0 Å². The Morgan fingerprint density at radius 1 is 0.339 bits per heavy atom. The fourth-order valence-electron chi connectivity index (χ4n) is 7.93. The lowest BCUT2D eigenvalue weighted by Crippen LogP contribution is -2.00. The minimum Gasteiger partial charge on any atom is -0.455 e. The molecule has 5 heteroatoms.